The summed E-state index contributed by atoms with van der Waals surface area (Å²) in [5.41, 5.74) is -1.83. The van der Waals surface area contributed by atoms with Gasteiger partial charge < -0.3 is 28.3 Å². The monoisotopic (exact) mass is 452 g/mol. The quantitative estimate of drug-likeness (QED) is 0.206. The molecule has 0 aromatic rings. The molecule has 0 aliphatic rings. The zero-order valence-corrected chi connectivity index (χ0v) is 21.1. The number of carbonyl (C=O) groups is 2. The van der Waals surface area contributed by atoms with Gasteiger partial charge in [0.2, 0.25) is 0 Å². The molecule has 8 nitrogen and oxygen atoms in total. The van der Waals surface area contributed by atoms with Gasteiger partial charge in [-0.3, -0.25) is 9.59 Å². The van der Waals surface area contributed by atoms with Crippen LogP contribution in [0, 0.1) is 0 Å². The molecule has 0 aliphatic heterocycles. The van der Waals surface area contributed by atoms with E-state index >= 15 is 0 Å². The van der Waals surface area contributed by atoms with E-state index < -0.39 is 61.3 Å². The van der Waals surface area contributed by atoms with Gasteiger partial charge in [-0.15, -0.1) is 0 Å². The molecule has 3 N–H and O–H groups in total. The Hall–Kier alpha value is -0.989. The second kappa shape index (κ2) is 10.2. The van der Waals surface area contributed by atoms with E-state index in [2.05, 4.69) is 39.3 Å². The lowest BCUT2D eigenvalue weighted by Crippen LogP contribution is -2.51. The van der Waals surface area contributed by atoms with Gasteiger partial charge in [0.25, 0.3) is 0 Å². The van der Waals surface area contributed by atoms with Gasteiger partial charge >= 0.3 is 20.5 Å². The Bertz CT molecular complexity index is 553. The van der Waals surface area contributed by atoms with E-state index in [1.54, 1.807) is 0 Å². The van der Waals surface area contributed by atoms with Crippen molar-refractivity contribution in [2.75, 3.05) is 6.61 Å². The molecule has 28 heavy (non-hydrogen) atoms. The molecule has 0 spiro atoms. The van der Waals surface area contributed by atoms with Crippen LogP contribution in [0.15, 0.2) is 12.3 Å². The Balaban J connectivity index is 4.91. The Labute approximate surface area is 171 Å². The summed E-state index contributed by atoms with van der Waals surface area (Å²) in [5.74, 6) is -3.14. The fourth-order valence-electron chi connectivity index (χ4n) is 3.18. The van der Waals surface area contributed by atoms with Crippen LogP contribution in [0.3, 0.4) is 0 Å². The molecule has 0 fully saturated rings. The average Bonchev–Trinajstić information content (AvgIpc) is 2.37. The van der Waals surface area contributed by atoms with E-state index in [-0.39, 0.29) is 6.61 Å². The minimum atomic E-state index is -2.26. The second-order valence-electron chi connectivity index (χ2n) is 9.01. The van der Waals surface area contributed by atoms with Gasteiger partial charge in [0, 0.05) is 6.61 Å². The molecule has 0 aromatic heterocycles. The third kappa shape index (κ3) is 11.1. The van der Waals surface area contributed by atoms with Crippen molar-refractivity contribution in [3.05, 3.63) is 12.3 Å². The van der Waals surface area contributed by atoms with Gasteiger partial charge in [-0.2, -0.15) is 0 Å². The zero-order valence-electron chi connectivity index (χ0n) is 18.1. The number of aliphatic hydroxyl groups is 1. The predicted molar refractivity (Wildman–Crippen MR) is 115 cm³/mol. The van der Waals surface area contributed by atoms with Crippen LogP contribution in [0.4, 0.5) is 0 Å². The Morgan fingerprint density at radius 3 is 1.71 bits per heavy atom. The maximum Gasteiger partial charge on any atom is 0.311 e. The maximum absolute atomic E-state index is 11.1. The van der Waals surface area contributed by atoms with E-state index in [4.69, 9.17) is 23.2 Å². The normalized spacial score (nSPS) is 13.4. The first-order valence-corrected chi connectivity index (χ1v) is 18.6. The zero-order chi connectivity index (χ0) is 22.4. The van der Waals surface area contributed by atoms with Crippen molar-refractivity contribution >= 4 is 37.1 Å². The van der Waals surface area contributed by atoms with Crippen molar-refractivity contribution < 1.29 is 37.9 Å². The highest BCUT2D eigenvalue weighted by molar-refractivity contribution is 6.87. The number of rotatable bonds is 14. The predicted octanol–water partition coefficient (Wildman–Crippen LogP) is 3.93. The summed E-state index contributed by atoms with van der Waals surface area (Å²) in [6.45, 7) is 18.0. The van der Waals surface area contributed by atoms with Crippen LogP contribution in [0.1, 0.15) is 19.3 Å². The van der Waals surface area contributed by atoms with Gasteiger partial charge in [0.05, 0.1) is 12.8 Å². The number of hydrogen-bond donors (Lipinski definition) is 3. The minimum Gasteiger partial charge on any atom is -0.510 e. The van der Waals surface area contributed by atoms with Gasteiger partial charge in [-0.1, -0.05) is 6.58 Å². The first kappa shape index (κ1) is 27.0. The Morgan fingerprint density at radius 2 is 1.36 bits per heavy atom. The molecule has 0 rings (SSSR count). The highest BCUT2D eigenvalue weighted by Gasteiger charge is 2.41. The van der Waals surface area contributed by atoms with Crippen LogP contribution < -0.4 is 0 Å². The van der Waals surface area contributed by atoms with Gasteiger partial charge in [0.1, 0.15) is 11.4 Å². The number of hydrogen-bond acceptors (Lipinski definition) is 6. The van der Waals surface area contributed by atoms with E-state index in [0.29, 0.717) is 6.42 Å². The standard InChI is InChI=1S/C17H36O8Si3/c1-14(18)17(12-15(19)20,13-16(21)22)23-10-9-11-27(5,6)25-28(7,8)24-26(2,3)4/h18H,1,9-13H2,2-8H3,(H,19,20)(H,21,22). The summed E-state index contributed by atoms with van der Waals surface area (Å²) in [6, 6.07) is 0.729. The summed E-state index contributed by atoms with van der Waals surface area (Å²) in [7, 11) is -6.04. The maximum atomic E-state index is 11.1. The van der Waals surface area contributed by atoms with Crippen molar-refractivity contribution in [1.29, 1.82) is 0 Å². The molecule has 0 aromatic carbocycles. The van der Waals surface area contributed by atoms with E-state index in [9.17, 15) is 14.7 Å². The SMILES string of the molecule is C=C(O)C(CC(=O)O)(CC(=O)O)OCCC[Si](C)(C)O[Si](C)(C)O[Si](C)(C)C. The third-order valence-corrected chi connectivity index (χ3v) is 13.9. The molecule has 11 heteroatoms. The van der Waals surface area contributed by atoms with Gasteiger partial charge in [-0.05, 0) is 58.3 Å². The van der Waals surface area contributed by atoms with Gasteiger partial charge in [-0.25, -0.2) is 0 Å². The molecule has 0 saturated heterocycles. The summed E-state index contributed by atoms with van der Waals surface area (Å²) >= 11 is 0. The van der Waals surface area contributed by atoms with Crippen molar-refractivity contribution in [2.24, 2.45) is 0 Å². The van der Waals surface area contributed by atoms with Crippen molar-refractivity contribution in [1.82, 2.24) is 0 Å². The van der Waals surface area contributed by atoms with E-state index in [1.807, 2.05) is 13.1 Å². The van der Waals surface area contributed by atoms with Crippen molar-refractivity contribution in [3.63, 3.8) is 0 Å². The molecule has 0 aliphatic carbocycles. The van der Waals surface area contributed by atoms with Crippen LogP contribution in [-0.2, 0) is 22.6 Å². The molecule has 164 valence electrons. The smallest absolute Gasteiger partial charge is 0.311 e. The molecule has 0 unspecified atom stereocenters. The molecule has 0 bridgehead atoms. The molecule has 0 amide bonds. The van der Waals surface area contributed by atoms with E-state index in [0.717, 1.165) is 6.04 Å². The van der Waals surface area contributed by atoms with Crippen LogP contribution in [0.2, 0.25) is 51.9 Å². The summed E-state index contributed by atoms with van der Waals surface area (Å²) in [6.07, 6.45) is -0.795. The van der Waals surface area contributed by atoms with Crippen molar-refractivity contribution in [3.8, 4) is 0 Å². The van der Waals surface area contributed by atoms with Crippen LogP contribution in [-0.4, -0.2) is 64.7 Å². The number of aliphatic carboxylic acids is 2. The second-order valence-corrected chi connectivity index (χ2v) is 21.7. The lowest BCUT2D eigenvalue weighted by Gasteiger charge is -2.37. The highest BCUT2D eigenvalue weighted by Crippen LogP contribution is 2.29. The summed E-state index contributed by atoms with van der Waals surface area (Å²) < 4.78 is 18.2. The molecular formula is C17H36O8Si3. The Morgan fingerprint density at radius 1 is 0.893 bits per heavy atom. The first-order valence-electron chi connectivity index (χ1n) is 9.26. The average molecular weight is 453 g/mol. The fraction of sp³-hybridized carbons (Fsp3) is 0.765. The van der Waals surface area contributed by atoms with Crippen LogP contribution >= 0.6 is 0 Å². The first-order chi connectivity index (χ1) is 12.4. The molecule has 0 heterocycles. The minimum absolute atomic E-state index is 0.0940. The molecule has 0 radical (unpaired) electrons. The summed E-state index contributed by atoms with van der Waals surface area (Å²) in [5, 5.41) is 28.0. The Kier molecular flexibility index (Phi) is 9.80. The fourth-order valence-corrected chi connectivity index (χ4v) is 16.3. The number of carboxylic acids is 2. The van der Waals surface area contributed by atoms with Crippen LogP contribution in [0.5, 0.6) is 0 Å². The van der Waals surface area contributed by atoms with E-state index in [1.165, 1.54) is 0 Å². The molecule has 0 saturated carbocycles. The lowest BCUT2D eigenvalue weighted by atomic mass is 9.93. The molecular weight excluding hydrogens is 416 g/mol. The van der Waals surface area contributed by atoms with Crippen molar-refractivity contribution in [2.45, 2.75) is 76.7 Å². The lowest BCUT2D eigenvalue weighted by molar-refractivity contribution is -0.153. The number of aliphatic hydroxyl groups excluding tert-OH is 1. The van der Waals surface area contributed by atoms with Crippen LogP contribution in [0.25, 0.3) is 0 Å². The highest BCUT2D eigenvalue weighted by atomic mass is 28.5. The summed E-state index contributed by atoms with van der Waals surface area (Å²) in [4.78, 5) is 22.2. The number of ether oxygens (including phenoxy) is 1. The molecule has 0 atom stereocenters. The topological polar surface area (TPSA) is 123 Å². The number of carboxylic acid groups (broad SMARTS) is 2. The largest absolute Gasteiger partial charge is 0.510 e. The third-order valence-electron chi connectivity index (χ3n) is 3.78. The van der Waals surface area contributed by atoms with Gasteiger partial charge in [0.15, 0.2) is 16.6 Å².